The topological polar surface area (TPSA) is 64.6 Å². The van der Waals surface area contributed by atoms with Crippen molar-refractivity contribution in [3.63, 3.8) is 0 Å². The summed E-state index contributed by atoms with van der Waals surface area (Å²) in [6, 6.07) is 3.47. The first-order valence-corrected chi connectivity index (χ1v) is 9.42. The van der Waals surface area contributed by atoms with Crippen LogP contribution in [-0.2, 0) is 24.6 Å². The van der Waals surface area contributed by atoms with Gasteiger partial charge in [0.25, 0.3) is 0 Å². The van der Waals surface area contributed by atoms with Crippen molar-refractivity contribution in [3.05, 3.63) is 28.3 Å². The number of benzene rings is 1. The third kappa shape index (κ3) is 5.40. The molecular weight excluding hydrogens is 325 g/mol. The first kappa shape index (κ1) is 19.2. The maximum absolute atomic E-state index is 12.6. The third-order valence-corrected chi connectivity index (χ3v) is 5.39. The largest absolute Gasteiger partial charge is 0.335 e. The summed E-state index contributed by atoms with van der Waals surface area (Å²) in [6.07, 6.45) is 0.499. The quantitative estimate of drug-likeness (QED) is 0.688. The second kappa shape index (κ2) is 8.68. The second-order valence-corrected chi connectivity index (χ2v) is 7.23. The highest BCUT2D eigenvalue weighted by atomic mass is 35.5. The van der Waals surface area contributed by atoms with Gasteiger partial charge in [-0.15, -0.1) is 0 Å². The molecular formula is C15H23ClNO4P. The van der Waals surface area contributed by atoms with Gasteiger partial charge in [0, 0.05) is 17.1 Å². The van der Waals surface area contributed by atoms with Gasteiger partial charge >= 0.3 is 7.60 Å². The summed E-state index contributed by atoms with van der Waals surface area (Å²) in [5.74, 6) is -0.0822. The molecule has 0 atom stereocenters. The normalized spacial score (nSPS) is 11.5. The molecule has 1 aromatic rings. The van der Waals surface area contributed by atoms with Crippen molar-refractivity contribution in [2.75, 3.05) is 18.5 Å². The molecule has 124 valence electrons. The second-order valence-electron chi connectivity index (χ2n) is 4.76. The number of carbonyl (C=O) groups is 1. The minimum absolute atomic E-state index is 0.0822. The fourth-order valence-corrected chi connectivity index (χ4v) is 4.01. The van der Waals surface area contributed by atoms with Crippen LogP contribution in [0.3, 0.4) is 0 Å². The molecule has 0 unspecified atom stereocenters. The highest BCUT2D eigenvalue weighted by molar-refractivity contribution is 7.53. The summed E-state index contributed by atoms with van der Waals surface area (Å²) in [5.41, 5.74) is 2.18. The highest BCUT2D eigenvalue weighted by Crippen LogP contribution is 2.52. The zero-order valence-corrected chi connectivity index (χ0v) is 15.1. The fraction of sp³-hybridized carbons (Fsp3) is 0.533. The Kier molecular flexibility index (Phi) is 7.57. The van der Waals surface area contributed by atoms with Crippen LogP contribution in [0, 0.1) is 6.92 Å². The van der Waals surface area contributed by atoms with Crippen LogP contribution in [0.2, 0.25) is 5.02 Å². The summed E-state index contributed by atoms with van der Waals surface area (Å²) >= 11 is 6.25. The molecule has 7 heteroatoms. The van der Waals surface area contributed by atoms with Crippen molar-refractivity contribution >= 4 is 30.8 Å². The highest BCUT2D eigenvalue weighted by Gasteiger charge is 2.25. The molecule has 0 heterocycles. The number of hydrogen-bond donors (Lipinski definition) is 1. The van der Waals surface area contributed by atoms with E-state index in [9.17, 15) is 9.36 Å². The van der Waals surface area contributed by atoms with Crippen molar-refractivity contribution < 1.29 is 18.4 Å². The van der Waals surface area contributed by atoms with E-state index in [-0.39, 0.29) is 12.1 Å². The van der Waals surface area contributed by atoms with Gasteiger partial charge in [0.1, 0.15) is 0 Å². The third-order valence-electron chi connectivity index (χ3n) is 3.00. The number of amides is 1. The lowest BCUT2D eigenvalue weighted by Gasteiger charge is -2.18. The van der Waals surface area contributed by atoms with Crippen LogP contribution in [0.1, 0.15) is 38.3 Å². The molecule has 1 amide bonds. The molecule has 0 saturated carbocycles. The molecule has 0 fully saturated rings. The number of carbonyl (C=O) groups excluding carboxylic acids is 1. The van der Waals surface area contributed by atoms with Crippen LogP contribution in [-0.4, -0.2) is 19.1 Å². The summed E-state index contributed by atoms with van der Waals surface area (Å²) in [7, 11) is -3.21. The molecule has 22 heavy (non-hydrogen) atoms. The Morgan fingerprint density at radius 3 is 2.32 bits per heavy atom. The lowest BCUT2D eigenvalue weighted by Crippen LogP contribution is -2.11. The van der Waals surface area contributed by atoms with E-state index in [0.717, 1.165) is 5.56 Å². The molecule has 0 radical (unpaired) electrons. The Bertz CT molecular complexity index is 567. The monoisotopic (exact) mass is 347 g/mol. The van der Waals surface area contributed by atoms with Gasteiger partial charge in [-0.2, -0.15) is 0 Å². The van der Waals surface area contributed by atoms with E-state index in [2.05, 4.69) is 5.32 Å². The van der Waals surface area contributed by atoms with E-state index in [1.807, 2.05) is 6.92 Å². The zero-order valence-electron chi connectivity index (χ0n) is 13.4. The minimum atomic E-state index is -3.21. The maximum Gasteiger partial charge on any atom is 0.335 e. The van der Waals surface area contributed by atoms with Crippen molar-refractivity contribution in [3.8, 4) is 0 Å². The summed E-state index contributed by atoms with van der Waals surface area (Å²) in [6.45, 7) is 7.78. The molecule has 0 aliphatic heterocycles. The molecule has 5 nitrogen and oxygen atoms in total. The Morgan fingerprint density at radius 1 is 1.23 bits per heavy atom. The van der Waals surface area contributed by atoms with Gasteiger partial charge in [0.05, 0.1) is 19.4 Å². The SMILES string of the molecule is CCOP(=O)(Cc1cc(C)c(NC(=O)CC)cc1Cl)OCC. The number of aryl methyl sites for hydroxylation is 1. The molecule has 0 aliphatic carbocycles. The minimum Gasteiger partial charge on any atom is -0.326 e. The Balaban J connectivity index is 3.03. The number of nitrogens with one attached hydrogen (secondary N) is 1. The number of anilines is 1. The molecule has 0 spiro atoms. The molecule has 0 saturated heterocycles. The predicted molar refractivity (Wildman–Crippen MR) is 89.7 cm³/mol. The standard InChI is InChI=1S/C15H23ClNO4P/c1-5-15(18)17-14-9-13(16)12(8-11(14)4)10-22(19,20-6-2)21-7-3/h8-9H,5-7,10H2,1-4H3,(H,17,18). The van der Waals surface area contributed by atoms with Crippen molar-refractivity contribution in [1.82, 2.24) is 0 Å². The van der Waals surface area contributed by atoms with Gasteiger partial charge in [0.2, 0.25) is 5.91 Å². The Morgan fingerprint density at radius 2 is 1.82 bits per heavy atom. The first-order valence-electron chi connectivity index (χ1n) is 7.32. The van der Waals surface area contributed by atoms with Crippen LogP contribution < -0.4 is 5.32 Å². The van der Waals surface area contributed by atoms with Crippen molar-refractivity contribution in [1.29, 1.82) is 0 Å². The van der Waals surface area contributed by atoms with Gasteiger partial charge in [-0.05, 0) is 38.0 Å². The van der Waals surface area contributed by atoms with E-state index in [0.29, 0.717) is 35.9 Å². The molecule has 1 rings (SSSR count). The average molecular weight is 348 g/mol. The first-order chi connectivity index (χ1) is 10.3. The van der Waals surface area contributed by atoms with Crippen LogP contribution in [0.5, 0.6) is 0 Å². The Labute approximate surface area is 136 Å². The number of rotatable bonds is 8. The maximum atomic E-state index is 12.6. The summed E-state index contributed by atoms with van der Waals surface area (Å²) < 4.78 is 23.2. The van der Waals surface area contributed by atoms with Crippen LogP contribution in [0.25, 0.3) is 0 Å². The van der Waals surface area contributed by atoms with E-state index in [1.165, 1.54) is 0 Å². The summed E-state index contributed by atoms with van der Waals surface area (Å²) in [5, 5.41) is 3.21. The lowest BCUT2D eigenvalue weighted by molar-refractivity contribution is -0.115. The molecule has 0 aliphatic rings. The molecule has 0 bridgehead atoms. The number of halogens is 1. The van der Waals surface area contributed by atoms with Gasteiger partial charge in [-0.25, -0.2) is 0 Å². The van der Waals surface area contributed by atoms with E-state index in [1.54, 1.807) is 32.9 Å². The van der Waals surface area contributed by atoms with Crippen LogP contribution in [0.15, 0.2) is 12.1 Å². The van der Waals surface area contributed by atoms with Gasteiger partial charge in [0.15, 0.2) is 0 Å². The summed E-state index contributed by atoms with van der Waals surface area (Å²) in [4.78, 5) is 11.5. The van der Waals surface area contributed by atoms with Crippen molar-refractivity contribution in [2.24, 2.45) is 0 Å². The number of hydrogen-bond acceptors (Lipinski definition) is 4. The van der Waals surface area contributed by atoms with E-state index < -0.39 is 7.60 Å². The smallest absolute Gasteiger partial charge is 0.326 e. The van der Waals surface area contributed by atoms with E-state index in [4.69, 9.17) is 20.6 Å². The predicted octanol–water partition coefficient (Wildman–Crippen LogP) is 4.76. The van der Waals surface area contributed by atoms with Crippen molar-refractivity contribution in [2.45, 2.75) is 40.3 Å². The van der Waals surface area contributed by atoms with Gasteiger partial charge in [-0.3, -0.25) is 9.36 Å². The zero-order chi connectivity index (χ0) is 16.8. The molecule has 1 N–H and O–H groups in total. The van der Waals surface area contributed by atoms with Crippen LogP contribution in [0.4, 0.5) is 5.69 Å². The van der Waals surface area contributed by atoms with Gasteiger partial charge < -0.3 is 14.4 Å². The molecule has 1 aromatic carbocycles. The van der Waals surface area contributed by atoms with E-state index >= 15 is 0 Å². The Hall–Kier alpha value is -0.870. The molecule has 0 aromatic heterocycles. The average Bonchev–Trinajstić information content (AvgIpc) is 2.44. The lowest BCUT2D eigenvalue weighted by atomic mass is 10.1. The van der Waals surface area contributed by atoms with Gasteiger partial charge in [-0.1, -0.05) is 24.6 Å². The fourth-order valence-electron chi connectivity index (χ4n) is 1.97. The van der Waals surface area contributed by atoms with Crippen LogP contribution >= 0.6 is 19.2 Å².